The third kappa shape index (κ3) is 1.01. The standard InChI is InChI=1S/C12H9NS/c13-8-5-6-10-9-3-1-2-4-11(9)14-12(10)7-8/h1-7H,13H2/i1D,2D,3D,4D,5D,6D,7D. The molecule has 0 saturated heterocycles. The molecule has 1 heterocycles. The Morgan fingerprint density at radius 1 is 1.00 bits per heavy atom. The van der Waals surface area contributed by atoms with Gasteiger partial charge >= 0.3 is 0 Å². The van der Waals surface area contributed by atoms with E-state index >= 15 is 0 Å². The zero-order chi connectivity index (χ0) is 15.6. The Morgan fingerprint density at radius 2 is 1.79 bits per heavy atom. The highest BCUT2D eigenvalue weighted by molar-refractivity contribution is 7.25. The van der Waals surface area contributed by atoms with Crippen LogP contribution in [-0.2, 0) is 0 Å². The first kappa shape index (κ1) is 3.55. The molecular formula is C12H9NS. The van der Waals surface area contributed by atoms with E-state index in [1.54, 1.807) is 0 Å². The first-order valence-corrected chi connectivity index (χ1v) is 4.76. The molecule has 2 N–H and O–H groups in total. The summed E-state index contributed by atoms with van der Waals surface area (Å²) >= 11 is 1.01. The lowest BCUT2D eigenvalue weighted by molar-refractivity contribution is 1.79. The van der Waals surface area contributed by atoms with Gasteiger partial charge in [-0.2, -0.15) is 0 Å². The minimum absolute atomic E-state index is 0.107. The lowest BCUT2D eigenvalue weighted by atomic mass is 10.1. The summed E-state index contributed by atoms with van der Waals surface area (Å²) < 4.78 is 55.7. The van der Waals surface area contributed by atoms with E-state index < -0.39 is 0 Å². The summed E-state index contributed by atoms with van der Waals surface area (Å²) in [5, 5.41) is 0.388. The van der Waals surface area contributed by atoms with E-state index in [-0.39, 0.29) is 63.5 Å². The van der Waals surface area contributed by atoms with Gasteiger partial charge in [0.05, 0.1) is 9.60 Å². The Kier molecular flexibility index (Phi) is 0.691. The molecule has 0 aliphatic rings. The van der Waals surface area contributed by atoms with E-state index in [4.69, 9.17) is 15.3 Å². The number of benzene rings is 2. The maximum Gasteiger partial charge on any atom is 0.0660 e. The van der Waals surface area contributed by atoms with E-state index in [1.807, 2.05) is 0 Å². The molecule has 2 heteroatoms. The molecule has 0 unspecified atom stereocenters. The first-order chi connectivity index (χ1) is 9.77. The smallest absolute Gasteiger partial charge is 0.0660 e. The largest absolute Gasteiger partial charge is 0.399 e. The van der Waals surface area contributed by atoms with E-state index in [9.17, 15) is 0 Å². The second-order valence-corrected chi connectivity index (χ2v) is 3.82. The van der Waals surface area contributed by atoms with Gasteiger partial charge in [-0.15, -0.1) is 11.3 Å². The lowest BCUT2D eigenvalue weighted by Crippen LogP contribution is -1.80. The Balaban J connectivity index is 2.73. The number of fused-ring (bicyclic) bond motifs is 3. The third-order valence-corrected chi connectivity index (χ3v) is 2.93. The lowest BCUT2D eigenvalue weighted by Gasteiger charge is -1.92. The fourth-order valence-corrected chi connectivity index (χ4v) is 2.29. The summed E-state index contributed by atoms with van der Waals surface area (Å²) in [6.07, 6.45) is 0. The minimum atomic E-state index is -0.388. The first-order valence-electron chi connectivity index (χ1n) is 7.45. The van der Waals surface area contributed by atoms with Crippen LogP contribution in [0.15, 0.2) is 42.3 Å². The molecule has 3 rings (SSSR count). The minimum Gasteiger partial charge on any atom is -0.399 e. The van der Waals surface area contributed by atoms with E-state index in [0.29, 0.717) is 4.70 Å². The number of thiophene rings is 1. The van der Waals surface area contributed by atoms with Crippen molar-refractivity contribution in [3.63, 3.8) is 0 Å². The second kappa shape index (κ2) is 2.72. The van der Waals surface area contributed by atoms with Crippen LogP contribution in [0.25, 0.3) is 20.2 Å². The van der Waals surface area contributed by atoms with Crippen molar-refractivity contribution in [2.24, 2.45) is 0 Å². The third-order valence-electron chi connectivity index (χ3n) is 1.90. The molecule has 14 heavy (non-hydrogen) atoms. The van der Waals surface area contributed by atoms with Gasteiger partial charge in [0.1, 0.15) is 0 Å². The molecule has 0 aliphatic heterocycles. The van der Waals surface area contributed by atoms with Crippen LogP contribution in [-0.4, -0.2) is 0 Å². The monoisotopic (exact) mass is 206 g/mol. The molecule has 0 spiro atoms. The Hall–Kier alpha value is -1.54. The Bertz CT molecular complexity index is 857. The van der Waals surface area contributed by atoms with Crippen LogP contribution in [0.5, 0.6) is 0 Å². The SMILES string of the molecule is [2H]c1c([2H])c([2H])c2c(sc3c([2H])c(N)c([2H])c([2H])c32)c1[2H]. The molecule has 1 aromatic heterocycles. The van der Waals surface area contributed by atoms with Gasteiger partial charge in [-0.1, -0.05) is 24.2 Å². The highest BCUT2D eigenvalue weighted by Gasteiger charge is 2.03. The molecule has 0 aliphatic carbocycles. The predicted octanol–water partition coefficient (Wildman–Crippen LogP) is 3.64. The van der Waals surface area contributed by atoms with Crippen molar-refractivity contribution >= 4 is 37.2 Å². The number of anilines is 1. The molecule has 0 radical (unpaired) electrons. The molecule has 1 nitrogen and oxygen atoms in total. The molecule has 0 saturated carbocycles. The van der Waals surface area contributed by atoms with Gasteiger partial charge in [-0.25, -0.2) is 0 Å². The van der Waals surface area contributed by atoms with Crippen molar-refractivity contribution in [3.8, 4) is 0 Å². The average molecular weight is 206 g/mol. The molecule has 68 valence electrons. The fraction of sp³-hybridized carbons (Fsp3) is 0. The summed E-state index contributed by atoms with van der Waals surface area (Å²) in [6.45, 7) is 0. The van der Waals surface area contributed by atoms with Crippen molar-refractivity contribution in [1.29, 1.82) is 0 Å². The van der Waals surface area contributed by atoms with Crippen molar-refractivity contribution in [2.75, 3.05) is 5.73 Å². The summed E-state index contributed by atoms with van der Waals surface area (Å²) in [5.41, 5.74) is 5.53. The summed E-state index contributed by atoms with van der Waals surface area (Å²) in [5.74, 6) is 0. The molecule has 0 bridgehead atoms. The maximum absolute atomic E-state index is 8.02. The van der Waals surface area contributed by atoms with Gasteiger partial charge in [0.2, 0.25) is 0 Å². The molecule has 3 aromatic rings. The van der Waals surface area contributed by atoms with Crippen molar-refractivity contribution in [2.45, 2.75) is 0 Å². The topological polar surface area (TPSA) is 26.0 Å². The van der Waals surface area contributed by atoms with Crippen LogP contribution in [0.2, 0.25) is 0 Å². The molecule has 2 aromatic carbocycles. The molecule has 0 atom stereocenters. The summed E-state index contributed by atoms with van der Waals surface area (Å²) in [7, 11) is 0. The molecular weight excluding hydrogens is 190 g/mol. The maximum atomic E-state index is 8.02. The molecule has 0 amide bonds. The number of nitrogen functional groups attached to an aromatic ring is 1. The van der Waals surface area contributed by atoms with Crippen molar-refractivity contribution < 1.29 is 9.60 Å². The summed E-state index contributed by atoms with van der Waals surface area (Å²) in [6, 6.07) is -1.80. The Morgan fingerprint density at radius 3 is 2.71 bits per heavy atom. The number of hydrogen-bond donors (Lipinski definition) is 1. The highest BCUT2D eigenvalue weighted by atomic mass is 32.1. The van der Waals surface area contributed by atoms with Crippen molar-refractivity contribution in [1.82, 2.24) is 0 Å². The van der Waals surface area contributed by atoms with Crippen LogP contribution in [0, 0.1) is 0 Å². The molecule has 0 fully saturated rings. The highest BCUT2D eigenvalue weighted by Crippen LogP contribution is 2.34. The second-order valence-electron chi connectivity index (χ2n) is 2.80. The fourth-order valence-electron chi connectivity index (χ4n) is 1.31. The van der Waals surface area contributed by atoms with Crippen molar-refractivity contribution in [3.05, 3.63) is 42.3 Å². The van der Waals surface area contributed by atoms with Crippen LogP contribution in [0.3, 0.4) is 0 Å². The van der Waals surface area contributed by atoms with Crippen LogP contribution in [0.1, 0.15) is 9.60 Å². The van der Waals surface area contributed by atoms with Crippen LogP contribution in [0.4, 0.5) is 5.69 Å². The Labute approximate surface area is 95.6 Å². The predicted molar refractivity (Wildman–Crippen MR) is 63.7 cm³/mol. The normalized spacial score (nSPS) is 18.1. The van der Waals surface area contributed by atoms with Gasteiger partial charge < -0.3 is 5.73 Å². The van der Waals surface area contributed by atoms with Crippen LogP contribution >= 0.6 is 11.3 Å². The van der Waals surface area contributed by atoms with E-state index in [1.165, 1.54) is 0 Å². The van der Waals surface area contributed by atoms with Gasteiger partial charge in [0.25, 0.3) is 0 Å². The van der Waals surface area contributed by atoms with Gasteiger partial charge in [-0.05, 0) is 18.1 Å². The number of nitrogens with two attached hydrogens (primary N) is 1. The van der Waals surface area contributed by atoms with Crippen LogP contribution < -0.4 is 5.73 Å². The zero-order valence-corrected chi connectivity index (χ0v) is 7.80. The average Bonchev–Trinajstić information content (AvgIpc) is 2.87. The van der Waals surface area contributed by atoms with Gasteiger partial charge in [-0.3, -0.25) is 0 Å². The summed E-state index contributed by atoms with van der Waals surface area (Å²) in [4.78, 5) is 0. The van der Waals surface area contributed by atoms with E-state index in [2.05, 4.69) is 0 Å². The number of rotatable bonds is 0. The van der Waals surface area contributed by atoms with Gasteiger partial charge in [0, 0.05) is 25.9 Å². The van der Waals surface area contributed by atoms with E-state index in [0.717, 1.165) is 11.3 Å². The zero-order valence-electron chi connectivity index (χ0n) is 14.0. The van der Waals surface area contributed by atoms with Gasteiger partial charge in [0.15, 0.2) is 0 Å². The number of hydrogen-bond acceptors (Lipinski definition) is 2. The quantitative estimate of drug-likeness (QED) is 0.558.